The number of fused-ring (bicyclic) bond motifs is 18. The van der Waals surface area contributed by atoms with Gasteiger partial charge in [-0.05, 0) is 216 Å². The summed E-state index contributed by atoms with van der Waals surface area (Å²) in [7, 11) is 0. The van der Waals surface area contributed by atoms with Crippen LogP contribution in [0, 0.1) is 13.7 Å². The average molecular weight is 1510 g/mol. The number of hydrogen-bond donors (Lipinski definition) is 0. The van der Waals surface area contributed by atoms with Gasteiger partial charge in [-0.15, -0.1) is 0 Å². The molecule has 0 unspecified atom stereocenters. The fraction of sp³-hybridized carbons (Fsp3) is 0.333. The van der Waals surface area contributed by atoms with Gasteiger partial charge in [0.25, 0.3) is 0 Å². The van der Waals surface area contributed by atoms with E-state index in [-0.39, 0.29) is 39.9 Å². The van der Waals surface area contributed by atoms with Crippen LogP contribution >= 0.6 is 0 Å². The molecule has 1 aliphatic rings. The fourth-order valence-corrected chi connectivity index (χ4v) is 16.1. The molecule has 0 fully saturated rings. The first-order chi connectivity index (χ1) is 58.1. The third-order valence-corrected chi connectivity index (χ3v) is 21.4. The van der Waals surface area contributed by atoms with Gasteiger partial charge in [0.15, 0.2) is 0 Å². The van der Waals surface area contributed by atoms with E-state index >= 15 is 0 Å². The summed E-state index contributed by atoms with van der Waals surface area (Å²) in [6, 6.07) is 71.1. The summed E-state index contributed by atoms with van der Waals surface area (Å²) in [6.07, 6.45) is -4.72. The van der Waals surface area contributed by atoms with Crippen LogP contribution in [0.25, 0.3) is 121 Å². The first kappa shape index (κ1) is 65.1. The maximum absolute atomic E-state index is 8.26. The monoisotopic (exact) mass is 1510 g/mol. The van der Waals surface area contributed by atoms with Gasteiger partial charge >= 0.3 is 0 Å². The predicted molar refractivity (Wildman–Crippen MR) is 489 cm³/mol. The van der Waals surface area contributed by atoms with Gasteiger partial charge in [0, 0.05) is 78.6 Å². The van der Waals surface area contributed by atoms with Gasteiger partial charge in [-0.3, -0.25) is 0 Å². The third-order valence-electron chi connectivity index (χ3n) is 21.4. The second kappa shape index (κ2) is 31.9. The molecule has 5 nitrogen and oxygen atoms in total. The number of furan rings is 5. The fourth-order valence-electron chi connectivity index (χ4n) is 16.1. The zero-order valence-electron chi connectivity index (χ0n) is 83.5. The lowest BCUT2D eigenvalue weighted by Crippen LogP contribution is -2.14. The molecule has 18 rings (SSSR count). The van der Waals surface area contributed by atoms with Crippen LogP contribution in [-0.4, -0.2) is 0 Å². The zero-order valence-corrected chi connectivity index (χ0v) is 69.5. The Morgan fingerprint density at radius 1 is 0.292 bits per heavy atom. The molecule has 0 atom stereocenters. The molecule has 0 aliphatic heterocycles. The molecule has 17 aromatic rings. The average Bonchev–Trinajstić information content (AvgIpc) is 1.63. The summed E-state index contributed by atoms with van der Waals surface area (Å²) in [5.41, 5.74) is 21.1. The van der Waals surface area contributed by atoms with Crippen LogP contribution in [0.15, 0.2) is 240 Å². The van der Waals surface area contributed by atoms with Crippen molar-refractivity contribution >= 4 is 110 Å². The van der Waals surface area contributed by atoms with E-state index in [0.29, 0.717) is 39.0 Å². The Kier molecular flexibility index (Phi) is 18.4. The molecular formula is C108H122O5. The minimum atomic E-state index is -2.17. The molecule has 0 radical (unpaired) electrons. The van der Waals surface area contributed by atoms with Crippen molar-refractivity contribution < 1.29 is 41.3 Å². The summed E-state index contributed by atoms with van der Waals surface area (Å²) >= 11 is 0. The van der Waals surface area contributed by atoms with Crippen molar-refractivity contribution in [2.75, 3.05) is 0 Å². The molecule has 0 spiro atoms. The lowest BCUT2D eigenvalue weighted by Gasteiger charge is -2.23. The van der Waals surface area contributed by atoms with Crippen LogP contribution in [0.1, 0.15) is 257 Å². The third kappa shape index (κ3) is 16.5. The molecule has 12 aromatic carbocycles. The van der Waals surface area contributed by atoms with E-state index in [0.717, 1.165) is 149 Å². The Morgan fingerprint density at radius 2 is 0.717 bits per heavy atom. The van der Waals surface area contributed by atoms with Gasteiger partial charge in [0.2, 0.25) is 0 Å². The van der Waals surface area contributed by atoms with E-state index in [4.69, 9.17) is 41.3 Å². The highest BCUT2D eigenvalue weighted by Gasteiger charge is 2.29. The molecule has 5 aromatic heterocycles. The molecule has 0 saturated carbocycles. The van der Waals surface area contributed by atoms with Crippen LogP contribution in [0.2, 0.25) is 0 Å². The van der Waals surface area contributed by atoms with E-state index in [2.05, 4.69) is 134 Å². The van der Waals surface area contributed by atoms with Gasteiger partial charge in [-0.25, -0.2) is 0 Å². The highest BCUT2D eigenvalue weighted by atomic mass is 16.3. The van der Waals surface area contributed by atoms with E-state index in [1.54, 1.807) is 27.7 Å². The van der Waals surface area contributed by atoms with Gasteiger partial charge in [0.1, 0.15) is 55.8 Å². The number of hydrogen-bond acceptors (Lipinski definition) is 5. The van der Waals surface area contributed by atoms with E-state index < -0.39 is 39.2 Å². The maximum atomic E-state index is 8.26. The first-order valence-corrected chi connectivity index (χ1v) is 39.2. The molecule has 113 heavy (non-hydrogen) atoms. The molecule has 0 N–H and O–H groups in total. The van der Waals surface area contributed by atoms with E-state index in [9.17, 15) is 0 Å². The summed E-state index contributed by atoms with van der Waals surface area (Å²) in [6.45, 7) is 39.8. The Morgan fingerprint density at radius 3 is 1.24 bits per heavy atom. The van der Waals surface area contributed by atoms with Crippen LogP contribution in [0.3, 0.4) is 0 Å². The lowest BCUT2D eigenvalue weighted by molar-refractivity contribution is 0.566. The number of para-hydroxylation sites is 5. The minimum Gasteiger partial charge on any atom is -0.456 e. The Bertz CT molecular complexity index is 6600. The molecule has 1 aliphatic carbocycles. The van der Waals surface area contributed by atoms with E-state index in [1.165, 1.54) is 16.7 Å². The second-order valence-corrected chi connectivity index (χ2v) is 35.7. The quantitative estimate of drug-likeness (QED) is 0.176. The predicted octanol–water partition coefficient (Wildman–Crippen LogP) is 32.5. The van der Waals surface area contributed by atoms with Gasteiger partial charge in [-0.2, -0.15) is 0 Å². The maximum Gasteiger partial charge on any atom is 0.139 e. The number of rotatable bonds is 4. The standard InChI is InChI=1S/4C18H20O.C18H20.C17H18O.CH4/c1-5-12-10-17-14(11-15(12)18(2,3)4)13-8-6-7-9-16(13)19-17;1-5-12-15(18(2,3)4)11-10-14-13-8-6-7-9-16(13)19-17(12)14;1-5-12-10-11-14-13-8-6-7-9-15(13)19-17(14)16(12)18(2,3)4;1-5-12-10-11-15-16(17(12)18(2,3)4)13-8-6-7-9-14(13)19-15;1-12-9-16-14(11-17(12)18(2,3)4)10-13-7-5-6-8-15(13)16;1-11-13(17(2,3)4)9-10-15-16(11)12-7-5-6-8-14(12)18-15;/h4*6-11H,5H2,1-4H3;5-9,11H,10H2,1-4H3;5-10H,1-4H3;1H4/i4*5D2;2*1D3;. The Labute approximate surface area is 692 Å². The minimum absolute atomic E-state index is 0. The lowest BCUT2D eigenvalue weighted by atomic mass is 9.80. The smallest absolute Gasteiger partial charge is 0.139 e. The highest BCUT2D eigenvalue weighted by molar-refractivity contribution is 6.10. The molecule has 0 bridgehead atoms. The molecule has 0 amide bonds. The van der Waals surface area contributed by atoms with Crippen molar-refractivity contribution in [3.63, 3.8) is 0 Å². The van der Waals surface area contributed by atoms with E-state index in [1.807, 2.05) is 209 Å². The normalized spacial score (nSPS) is 15.0. The van der Waals surface area contributed by atoms with Crippen LogP contribution in [0.5, 0.6) is 0 Å². The summed E-state index contributed by atoms with van der Waals surface area (Å²) in [5.74, 6) is 0. The number of benzene rings is 12. The van der Waals surface area contributed by atoms with Crippen molar-refractivity contribution in [3.8, 4) is 11.1 Å². The Hall–Kier alpha value is -10.4. The Balaban J connectivity index is 0.000000138. The van der Waals surface area contributed by atoms with Gasteiger partial charge in [-0.1, -0.05) is 324 Å². The molecule has 584 valence electrons. The van der Waals surface area contributed by atoms with Crippen molar-refractivity contribution in [3.05, 3.63) is 296 Å². The highest BCUT2D eigenvalue weighted by Crippen LogP contribution is 2.45. The largest absolute Gasteiger partial charge is 0.456 e. The van der Waals surface area contributed by atoms with Crippen LogP contribution in [-0.2, 0) is 64.4 Å². The molecular weight excluding hydrogens is 1380 g/mol. The second-order valence-electron chi connectivity index (χ2n) is 35.7. The van der Waals surface area contributed by atoms with Crippen molar-refractivity contribution in [1.82, 2.24) is 0 Å². The van der Waals surface area contributed by atoms with Gasteiger partial charge in [0.05, 0.1) is 0 Å². The summed E-state index contributed by atoms with van der Waals surface area (Å²) < 4.78 is 143. The molecule has 5 heteroatoms. The summed E-state index contributed by atoms with van der Waals surface area (Å²) in [4.78, 5) is 0. The first-order valence-electron chi connectivity index (χ1n) is 46.2. The van der Waals surface area contributed by atoms with Gasteiger partial charge < -0.3 is 22.1 Å². The number of aryl methyl sites for hydroxylation is 6. The SMILES string of the molecule is C.[2H]C([2H])(C)c1c(C(C)(C)C)ccc2c1oc1ccccc12.[2H]C([2H])(C)c1cc2oc3ccccc3c2cc1C(C)(C)C.[2H]C([2H])(C)c1ccc2c(oc3ccccc32)c1C(C)(C)C.[2H]C([2H])(C)c1ccc2oc3ccccc3c2c1C(C)(C)C.[2H]C([2H])([2H])c1c(C(C)(C)C)ccc2oc3ccccc3c12.[2H]C([2H])([2H])c1cc2c(cc1C(C)(C)C)Cc1ccccc1-2. The van der Waals surface area contributed by atoms with Crippen molar-refractivity contribution in [2.45, 2.75) is 238 Å². The van der Waals surface area contributed by atoms with Crippen molar-refractivity contribution in [1.29, 1.82) is 0 Å². The van der Waals surface area contributed by atoms with Crippen LogP contribution in [0.4, 0.5) is 0 Å². The summed E-state index contributed by atoms with van der Waals surface area (Å²) in [5, 5.41) is 10.00. The zero-order chi connectivity index (χ0) is 92.5. The molecule has 0 saturated heterocycles. The van der Waals surface area contributed by atoms with Crippen LogP contribution < -0.4 is 0 Å². The van der Waals surface area contributed by atoms with Crippen molar-refractivity contribution in [2.24, 2.45) is 0 Å². The molecule has 5 heterocycles. The topological polar surface area (TPSA) is 65.7 Å².